The molecule has 1 rings (SSSR count). The van der Waals surface area contributed by atoms with Crippen molar-refractivity contribution in [3.63, 3.8) is 0 Å². The number of sulfonamides is 1. The van der Waals surface area contributed by atoms with E-state index in [1.54, 1.807) is 6.07 Å². The molecule has 0 aliphatic carbocycles. The summed E-state index contributed by atoms with van der Waals surface area (Å²) >= 11 is 0. The molecule has 0 atom stereocenters. The van der Waals surface area contributed by atoms with Crippen molar-refractivity contribution in [2.45, 2.75) is 43.9 Å². The smallest absolute Gasteiger partial charge is 0.389 e. The summed E-state index contributed by atoms with van der Waals surface area (Å²) in [5.41, 5.74) is 1.32. The zero-order chi connectivity index (χ0) is 16.1. The largest absolute Gasteiger partial charge is 0.392 e. The minimum absolute atomic E-state index is 0.0595. The summed E-state index contributed by atoms with van der Waals surface area (Å²) in [6.45, 7) is 1.30. The van der Waals surface area contributed by atoms with Crippen LogP contribution in [0.5, 0.6) is 0 Å². The van der Waals surface area contributed by atoms with Gasteiger partial charge in [0.15, 0.2) is 0 Å². The van der Waals surface area contributed by atoms with Crippen LogP contribution in [0.15, 0.2) is 23.1 Å². The van der Waals surface area contributed by atoms with Gasteiger partial charge in [-0.1, -0.05) is 13.0 Å². The van der Waals surface area contributed by atoms with Crippen LogP contribution in [-0.2, 0) is 23.1 Å². The number of halogens is 3. The molecule has 0 bridgehead atoms. The molecule has 0 spiro atoms. The number of aryl methyl sites for hydroxylation is 1. The van der Waals surface area contributed by atoms with Crippen LogP contribution in [0.2, 0.25) is 0 Å². The molecular formula is C13H18F3NO3S. The molecule has 0 saturated carbocycles. The van der Waals surface area contributed by atoms with Crippen molar-refractivity contribution in [1.29, 1.82) is 0 Å². The third-order valence-electron chi connectivity index (χ3n) is 2.97. The number of aliphatic hydroxyl groups is 1. The zero-order valence-electron chi connectivity index (χ0n) is 11.6. The molecule has 0 saturated heterocycles. The van der Waals surface area contributed by atoms with Crippen molar-refractivity contribution >= 4 is 10.0 Å². The lowest BCUT2D eigenvalue weighted by Crippen LogP contribution is -2.26. The van der Waals surface area contributed by atoms with E-state index in [2.05, 4.69) is 4.72 Å². The third-order valence-corrected chi connectivity index (χ3v) is 4.43. The Morgan fingerprint density at radius 3 is 2.43 bits per heavy atom. The van der Waals surface area contributed by atoms with Gasteiger partial charge in [0.1, 0.15) is 0 Å². The minimum Gasteiger partial charge on any atom is -0.392 e. The molecule has 8 heteroatoms. The summed E-state index contributed by atoms with van der Waals surface area (Å²) < 4.78 is 62.0. The standard InChI is InChI=1S/C13H18F3NO3S/c1-2-10-4-5-12(8-11(10)9-18)21(19,20)17-7-3-6-13(14,15)16/h4-5,8,17-18H,2-3,6-7,9H2,1H3. The van der Waals surface area contributed by atoms with Crippen molar-refractivity contribution in [2.75, 3.05) is 6.54 Å². The van der Waals surface area contributed by atoms with E-state index in [4.69, 9.17) is 0 Å². The molecule has 0 heterocycles. The first-order valence-electron chi connectivity index (χ1n) is 6.48. The van der Waals surface area contributed by atoms with Gasteiger partial charge in [-0.25, -0.2) is 13.1 Å². The maximum absolute atomic E-state index is 12.0. The summed E-state index contributed by atoms with van der Waals surface area (Å²) in [4.78, 5) is -0.0595. The first-order chi connectivity index (χ1) is 9.69. The summed E-state index contributed by atoms with van der Waals surface area (Å²) in [6.07, 6.45) is -5.00. The topological polar surface area (TPSA) is 66.4 Å². The average molecular weight is 325 g/mol. The van der Waals surface area contributed by atoms with Crippen molar-refractivity contribution in [3.8, 4) is 0 Å². The van der Waals surface area contributed by atoms with E-state index >= 15 is 0 Å². The number of alkyl halides is 3. The Morgan fingerprint density at radius 2 is 1.90 bits per heavy atom. The fourth-order valence-electron chi connectivity index (χ4n) is 1.84. The van der Waals surface area contributed by atoms with Crippen molar-refractivity contribution in [2.24, 2.45) is 0 Å². The van der Waals surface area contributed by atoms with Gasteiger partial charge in [0.2, 0.25) is 10.0 Å². The predicted octanol–water partition coefficient (Wildman–Crippen LogP) is 2.36. The van der Waals surface area contributed by atoms with E-state index in [9.17, 15) is 26.7 Å². The molecule has 1 aromatic carbocycles. The Labute approximate surface area is 122 Å². The van der Waals surface area contributed by atoms with Gasteiger partial charge in [0.05, 0.1) is 11.5 Å². The lowest BCUT2D eigenvalue weighted by Gasteiger charge is -2.11. The molecule has 0 unspecified atom stereocenters. The number of hydrogen-bond donors (Lipinski definition) is 2. The van der Waals surface area contributed by atoms with E-state index in [-0.39, 0.29) is 24.5 Å². The van der Waals surface area contributed by atoms with Crippen molar-refractivity contribution < 1.29 is 26.7 Å². The third kappa shape index (κ3) is 5.64. The van der Waals surface area contributed by atoms with Gasteiger partial charge < -0.3 is 5.11 Å². The van der Waals surface area contributed by atoms with Crippen LogP contribution in [0.1, 0.15) is 30.9 Å². The van der Waals surface area contributed by atoms with E-state index in [1.165, 1.54) is 12.1 Å². The lowest BCUT2D eigenvalue weighted by atomic mass is 10.1. The normalized spacial score (nSPS) is 12.6. The molecule has 120 valence electrons. The Balaban J connectivity index is 2.74. The van der Waals surface area contributed by atoms with Crippen molar-refractivity contribution in [3.05, 3.63) is 29.3 Å². The summed E-state index contributed by atoms with van der Waals surface area (Å²) in [5, 5.41) is 9.20. The second-order valence-corrected chi connectivity index (χ2v) is 6.33. The molecule has 0 radical (unpaired) electrons. The minimum atomic E-state index is -4.29. The van der Waals surface area contributed by atoms with E-state index in [0.29, 0.717) is 12.0 Å². The monoisotopic (exact) mass is 325 g/mol. The van der Waals surface area contributed by atoms with Gasteiger partial charge in [-0.3, -0.25) is 0 Å². The molecule has 21 heavy (non-hydrogen) atoms. The molecule has 4 nitrogen and oxygen atoms in total. The second kappa shape index (κ2) is 7.24. The summed E-state index contributed by atoms with van der Waals surface area (Å²) in [7, 11) is -3.86. The molecule has 0 amide bonds. The predicted molar refractivity (Wildman–Crippen MR) is 72.2 cm³/mol. The maximum Gasteiger partial charge on any atom is 0.389 e. The molecule has 0 aromatic heterocycles. The number of rotatable bonds is 7. The van der Waals surface area contributed by atoms with Gasteiger partial charge in [0.25, 0.3) is 0 Å². The van der Waals surface area contributed by atoms with Gasteiger partial charge in [-0.2, -0.15) is 13.2 Å². The zero-order valence-corrected chi connectivity index (χ0v) is 12.4. The Bertz CT molecular complexity index is 571. The van der Waals surface area contributed by atoms with Gasteiger partial charge in [0, 0.05) is 13.0 Å². The first-order valence-corrected chi connectivity index (χ1v) is 7.97. The fourth-order valence-corrected chi connectivity index (χ4v) is 2.96. The molecule has 0 fully saturated rings. The maximum atomic E-state index is 12.0. The highest BCUT2D eigenvalue weighted by Crippen LogP contribution is 2.21. The van der Waals surface area contributed by atoms with Crippen LogP contribution in [0, 0.1) is 0 Å². The number of benzene rings is 1. The Kier molecular flexibility index (Phi) is 6.18. The SMILES string of the molecule is CCc1ccc(S(=O)(=O)NCCCC(F)(F)F)cc1CO. The Morgan fingerprint density at radius 1 is 1.24 bits per heavy atom. The van der Waals surface area contributed by atoms with Crippen LogP contribution >= 0.6 is 0 Å². The molecule has 2 N–H and O–H groups in total. The number of hydrogen-bond acceptors (Lipinski definition) is 3. The van der Waals surface area contributed by atoms with Gasteiger partial charge in [-0.05, 0) is 36.1 Å². The van der Waals surface area contributed by atoms with Gasteiger partial charge in [-0.15, -0.1) is 0 Å². The van der Waals surface area contributed by atoms with Crippen molar-refractivity contribution in [1.82, 2.24) is 4.72 Å². The summed E-state index contributed by atoms with van der Waals surface area (Å²) in [6, 6.07) is 4.31. The van der Waals surface area contributed by atoms with Crippen LogP contribution in [0.4, 0.5) is 13.2 Å². The van der Waals surface area contributed by atoms with E-state index in [1.807, 2.05) is 6.92 Å². The fraction of sp³-hybridized carbons (Fsp3) is 0.538. The van der Waals surface area contributed by atoms with E-state index < -0.39 is 22.6 Å². The average Bonchev–Trinajstić information content (AvgIpc) is 2.41. The van der Waals surface area contributed by atoms with Gasteiger partial charge >= 0.3 is 6.18 Å². The molecular weight excluding hydrogens is 307 g/mol. The van der Waals surface area contributed by atoms with Crippen LogP contribution in [0.3, 0.4) is 0 Å². The van der Waals surface area contributed by atoms with Crippen LogP contribution in [0.25, 0.3) is 0 Å². The number of aliphatic hydroxyl groups excluding tert-OH is 1. The molecule has 1 aromatic rings. The highest BCUT2D eigenvalue weighted by atomic mass is 32.2. The number of nitrogens with one attached hydrogen (secondary N) is 1. The Hall–Kier alpha value is -1.12. The molecule has 0 aliphatic rings. The van der Waals surface area contributed by atoms with Crippen LogP contribution in [-0.4, -0.2) is 26.2 Å². The second-order valence-electron chi connectivity index (χ2n) is 4.56. The highest BCUT2D eigenvalue weighted by molar-refractivity contribution is 7.89. The summed E-state index contributed by atoms with van der Waals surface area (Å²) in [5.74, 6) is 0. The van der Waals surface area contributed by atoms with E-state index in [0.717, 1.165) is 5.56 Å². The van der Waals surface area contributed by atoms with Crippen LogP contribution < -0.4 is 4.72 Å². The molecule has 0 aliphatic heterocycles. The first kappa shape index (κ1) is 17.9. The quantitative estimate of drug-likeness (QED) is 0.756. The highest BCUT2D eigenvalue weighted by Gasteiger charge is 2.26. The lowest BCUT2D eigenvalue weighted by molar-refractivity contribution is -0.135.